The maximum Gasteiger partial charge on any atom is 0.306 e. The second kappa shape index (κ2) is 8.15. The van der Waals surface area contributed by atoms with Gasteiger partial charge in [0.05, 0.1) is 0 Å². The van der Waals surface area contributed by atoms with Crippen molar-refractivity contribution in [2.75, 3.05) is 11.9 Å². The van der Waals surface area contributed by atoms with Crippen LogP contribution in [0.3, 0.4) is 0 Å². The highest BCUT2D eigenvalue weighted by Crippen LogP contribution is 2.27. The Morgan fingerprint density at radius 1 is 1.24 bits per heavy atom. The molecule has 0 unspecified atom stereocenters. The standard InChI is InChI=1S/C17H22N4O3S/c1-17(2,3)24-14(23)9-5-8-13(22)21(4)16-20-19-15(25-16)12-7-6-10-18-11-12/h6-7,10-11H,5,8-9H2,1-4H3. The molecule has 7 nitrogen and oxygen atoms in total. The number of amides is 1. The second-order valence-electron chi connectivity index (χ2n) is 6.52. The SMILES string of the molecule is CN(C(=O)CCCC(=O)OC(C)(C)C)c1nnc(-c2cccnc2)s1. The smallest absolute Gasteiger partial charge is 0.306 e. The summed E-state index contributed by atoms with van der Waals surface area (Å²) in [5.41, 5.74) is 0.352. The fraction of sp³-hybridized carbons (Fsp3) is 0.471. The molecule has 0 saturated heterocycles. The van der Waals surface area contributed by atoms with E-state index in [1.807, 2.05) is 32.9 Å². The summed E-state index contributed by atoms with van der Waals surface area (Å²) in [5, 5.41) is 9.38. The predicted octanol–water partition coefficient (Wildman–Crippen LogP) is 3.07. The van der Waals surface area contributed by atoms with Gasteiger partial charge in [0, 0.05) is 37.8 Å². The third-order valence-corrected chi connectivity index (χ3v) is 4.22. The molecule has 0 aliphatic heterocycles. The lowest BCUT2D eigenvalue weighted by molar-refractivity contribution is -0.154. The number of aromatic nitrogens is 3. The molecule has 0 radical (unpaired) electrons. The molecule has 25 heavy (non-hydrogen) atoms. The molecular weight excluding hydrogens is 340 g/mol. The van der Waals surface area contributed by atoms with E-state index in [1.54, 1.807) is 19.4 Å². The molecule has 0 spiro atoms. The summed E-state index contributed by atoms with van der Waals surface area (Å²) in [7, 11) is 1.66. The molecule has 0 atom stereocenters. The van der Waals surface area contributed by atoms with Crippen LogP contribution in [0.25, 0.3) is 10.6 Å². The molecule has 2 rings (SSSR count). The van der Waals surface area contributed by atoms with Gasteiger partial charge in [-0.1, -0.05) is 11.3 Å². The summed E-state index contributed by atoms with van der Waals surface area (Å²) >= 11 is 1.32. The summed E-state index contributed by atoms with van der Waals surface area (Å²) in [5.74, 6) is -0.407. The van der Waals surface area contributed by atoms with Crippen LogP contribution in [-0.2, 0) is 14.3 Å². The van der Waals surface area contributed by atoms with Crippen molar-refractivity contribution >= 4 is 28.3 Å². The van der Waals surface area contributed by atoms with E-state index in [1.165, 1.54) is 16.2 Å². The number of nitrogens with zero attached hydrogens (tertiary/aromatic N) is 4. The third kappa shape index (κ3) is 5.90. The van der Waals surface area contributed by atoms with E-state index in [-0.39, 0.29) is 24.7 Å². The quantitative estimate of drug-likeness (QED) is 0.734. The van der Waals surface area contributed by atoms with Crippen molar-refractivity contribution in [2.45, 2.75) is 45.6 Å². The lowest BCUT2D eigenvalue weighted by Crippen LogP contribution is -2.27. The number of esters is 1. The van der Waals surface area contributed by atoms with E-state index in [9.17, 15) is 9.59 Å². The van der Waals surface area contributed by atoms with Crippen molar-refractivity contribution in [3.8, 4) is 10.6 Å². The Morgan fingerprint density at radius 2 is 2.00 bits per heavy atom. The summed E-state index contributed by atoms with van der Waals surface area (Å²) < 4.78 is 5.23. The number of anilines is 1. The number of carbonyl (C=O) groups is 2. The maximum absolute atomic E-state index is 12.3. The van der Waals surface area contributed by atoms with Gasteiger partial charge in [-0.05, 0) is 39.3 Å². The zero-order valence-electron chi connectivity index (χ0n) is 14.9. The topological polar surface area (TPSA) is 85.3 Å². The van der Waals surface area contributed by atoms with E-state index in [0.717, 1.165) is 5.56 Å². The van der Waals surface area contributed by atoms with Crippen LogP contribution in [0.5, 0.6) is 0 Å². The van der Waals surface area contributed by atoms with Crippen LogP contribution in [0.2, 0.25) is 0 Å². The van der Waals surface area contributed by atoms with Gasteiger partial charge >= 0.3 is 5.97 Å². The molecule has 2 heterocycles. The van der Waals surface area contributed by atoms with Gasteiger partial charge in [-0.3, -0.25) is 19.5 Å². The van der Waals surface area contributed by atoms with Crippen LogP contribution < -0.4 is 4.90 Å². The zero-order valence-corrected chi connectivity index (χ0v) is 15.7. The van der Waals surface area contributed by atoms with E-state index in [0.29, 0.717) is 16.6 Å². The molecule has 2 aromatic rings. The zero-order chi connectivity index (χ0) is 18.4. The van der Waals surface area contributed by atoms with Gasteiger partial charge in [0.25, 0.3) is 0 Å². The molecule has 134 valence electrons. The van der Waals surface area contributed by atoms with Crippen LogP contribution in [0.15, 0.2) is 24.5 Å². The minimum absolute atomic E-state index is 0.113. The maximum atomic E-state index is 12.3. The molecular formula is C17H22N4O3S. The largest absolute Gasteiger partial charge is 0.460 e. The van der Waals surface area contributed by atoms with Crippen molar-refractivity contribution in [1.82, 2.24) is 15.2 Å². The first kappa shape index (κ1) is 19.0. The summed E-state index contributed by atoms with van der Waals surface area (Å²) in [6.45, 7) is 5.46. The highest BCUT2D eigenvalue weighted by molar-refractivity contribution is 7.18. The van der Waals surface area contributed by atoms with Crippen molar-refractivity contribution in [1.29, 1.82) is 0 Å². The van der Waals surface area contributed by atoms with Gasteiger partial charge in [0.1, 0.15) is 5.60 Å². The van der Waals surface area contributed by atoms with Gasteiger partial charge in [-0.2, -0.15) is 0 Å². The Morgan fingerprint density at radius 3 is 2.64 bits per heavy atom. The summed E-state index contributed by atoms with van der Waals surface area (Å²) in [4.78, 5) is 29.4. The molecule has 0 N–H and O–H groups in total. The van der Waals surface area contributed by atoms with Crippen LogP contribution in [0, 0.1) is 0 Å². The van der Waals surface area contributed by atoms with Crippen LogP contribution in [0.1, 0.15) is 40.0 Å². The molecule has 0 bridgehead atoms. The summed E-state index contributed by atoms with van der Waals surface area (Å²) in [6, 6.07) is 3.71. The highest BCUT2D eigenvalue weighted by Gasteiger charge is 2.19. The third-order valence-electron chi connectivity index (χ3n) is 3.18. The first-order valence-electron chi connectivity index (χ1n) is 7.98. The summed E-state index contributed by atoms with van der Waals surface area (Å²) in [6.07, 6.45) is 4.29. The molecule has 2 aromatic heterocycles. The van der Waals surface area contributed by atoms with Crippen molar-refractivity contribution in [2.24, 2.45) is 0 Å². The van der Waals surface area contributed by atoms with Gasteiger partial charge in [-0.15, -0.1) is 10.2 Å². The van der Waals surface area contributed by atoms with E-state index < -0.39 is 5.60 Å². The van der Waals surface area contributed by atoms with Crippen molar-refractivity contribution < 1.29 is 14.3 Å². The number of ether oxygens (including phenoxy) is 1. The fourth-order valence-electron chi connectivity index (χ4n) is 2.01. The highest BCUT2D eigenvalue weighted by atomic mass is 32.1. The molecule has 1 amide bonds. The number of hydrogen-bond acceptors (Lipinski definition) is 7. The van der Waals surface area contributed by atoms with Crippen LogP contribution >= 0.6 is 11.3 Å². The van der Waals surface area contributed by atoms with Crippen molar-refractivity contribution in [3.05, 3.63) is 24.5 Å². The van der Waals surface area contributed by atoms with E-state index in [4.69, 9.17) is 4.74 Å². The number of pyridine rings is 1. The van der Waals surface area contributed by atoms with Gasteiger partial charge in [0.15, 0.2) is 5.01 Å². The normalized spacial score (nSPS) is 11.2. The molecule has 8 heteroatoms. The van der Waals surface area contributed by atoms with Crippen LogP contribution in [-0.4, -0.2) is 39.7 Å². The van der Waals surface area contributed by atoms with Gasteiger partial charge in [0.2, 0.25) is 11.0 Å². The Labute approximate surface area is 151 Å². The molecule has 0 aromatic carbocycles. The average Bonchev–Trinajstić information content (AvgIpc) is 3.03. The lowest BCUT2D eigenvalue weighted by atomic mass is 10.2. The van der Waals surface area contributed by atoms with Gasteiger partial charge in [-0.25, -0.2) is 0 Å². The predicted molar refractivity (Wildman–Crippen MR) is 96.2 cm³/mol. The monoisotopic (exact) mass is 362 g/mol. The number of hydrogen-bond donors (Lipinski definition) is 0. The average molecular weight is 362 g/mol. The van der Waals surface area contributed by atoms with Crippen molar-refractivity contribution in [3.63, 3.8) is 0 Å². The minimum atomic E-state index is -0.507. The molecule has 0 aliphatic carbocycles. The number of rotatable bonds is 6. The molecule has 0 fully saturated rings. The number of carbonyl (C=O) groups excluding carboxylic acids is 2. The minimum Gasteiger partial charge on any atom is -0.460 e. The fourth-order valence-corrected chi connectivity index (χ4v) is 2.82. The molecule has 0 saturated carbocycles. The van der Waals surface area contributed by atoms with E-state index >= 15 is 0 Å². The van der Waals surface area contributed by atoms with Gasteiger partial charge < -0.3 is 4.74 Å². The van der Waals surface area contributed by atoms with E-state index in [2.05, 4.69) is 15.2 Å². The first-order chi connectivity index (χ1) is 11.8. The lowest BCUT2D eigenvalue weighted by Gasteiger charge is -2.19. The Kier molecular flexibility index (Phi) is 6.19. The molecule has 0 aliphatic rings. The Bertz CT molecular complexity index is 725. The Hall–Kier alpha value is -2.35. The Balaban J connectivity index is 1.86. The second-order valence-corrected chi connectivity index (χ2v) is 7.48. The van der Waals surface area contributed by atoms with Crippen LogP contribution in [0.4, 0.5) is 5.13 Å². The first-order valence-corrected chi connectivity index (χ1v) is 8.80.